The molecule has 0 saturated heterocycles. The van der Waals surface area contributed by atoms with Gasteiger partial charge in [0.2, 0.25) is 0 Å². The minimum absolute atomic E-state index is 0.175. The van der Waals surface area contributed by atoms with Crippen molar-refractivity contribution in [3.05, 3.63) is 32.7 Å². The van der Waals surface area contributed by atoms with Crippen molar-refractivity contribution in [2.24, 2.45) is 0 Å². The number of anilines is 1. The summed E-state index contributed by atoms with van der Waals surface area (Å²) in [5, 5.41) is 4.50. The third-order valence-corrected chi connectivity index (χ3v) is 3.09. The number of nitrogens with zero attached hydrogens (tertiary/aromatic N) is 1. The largest absolute Gasteiger partial charge is 0.380 e. The predicted octanol–water partition coefficient (Wildman–Crippen LogP) is 3.99. The van der Waals surface area contributed by atoms with Crippen molar-refractivity contribution < 1.29 is 4.52 Å². The van der Waals surface area contributed by atoms with Gasteiger partial charge in [-0.3, -0.25) is 0 Å². The van der Waals surface area contributed by atoms with Gasteiger partial charge in [-0.2, -0.15) is 0 Å². The van der Waals surface area contributed by atoms with Gasteiger partial charge in [0.05, 0.1) is 0 Å². The number of nitrogen functional groups attached to an aromatic ring is 1. The van der Waals surface area contributed by atoms with Gasteiger partial charge >= 0.3 is 0 Å². The van der Waals surface area contributed by atoms with Crippen LogP contribution in [0.3, 0.4) is 0 Å². The lowest BCUT2D eigenvalue weighted by Gasteiger charge is -2.00. The SMILES string of the molecule is Nc1noc(-c2ccc(Cl)cc2Br)c1Cl. The van der Waals surface area contributed by atoms with Crippen molar-refractivity contribution in [3.8, 4) is 11.3 Å². The van der Waals surface area contributed by atoms with Gasteiger partial charge in [-0.1, -0.05) is 28.4 Å². The normalized spacial score (nSPS) is 10.6. The van der Waals surface area contributed by atoms with E-state index in [1.807, 2.05) is 0 Å². The number of benzene rings is 1. The smallest absolute Gasteiger partial charge is 0.188 e. The molecule has 1 heterocycles. The first-order valence-corrected chi connectivity index (χ1v) is 5.50. The fraction of sp³-hybridized carbons (Fsp3) is 0. The van der Waals surface area contributed by atoms with Crippen LogP contribution in [0.5, 0.6) is 0 Å². The summed E-state index contributed by atoms with van der Waals surface area (Å²) in [5.41, 5.74) is 6.24. The summed E-state index contributed by atoms with van der Waals surface area (Å²) in [4.78, 5) is 0. The van der Waals surface area contributed by atoms with Crippen molar-refractivity contribution in [1.82, 2.24) is 5.16 Å². The van der Waals surface area contributed by atoms with E-state index in [4.69, 9.17) is 33.5 Å². The van der Waals surface area contributed by atoms with E-state index < -0.39 is 0 Å². The summed E-state index contributed by atoms with van der Waals surface area (Å²) in [6.07, 6.45) is 0. The summed E-state index contributed by atoms with van der Waals surface area (Å²) in [6.45, 7) is 0. The van der Waals surface area contributed by atoms with Crippen LogP contribution in [0.25, 0.3) is 11.3 Å². The minimum Gasteiger partial charge on any atom is -0.380 e. The molecule has 0 spiro atoms. The van der Waals surface area contributed by atoms with Crippen LogP contribution in [-0.4, -0.2) is 5.16 Å². The van der Waals surface area contributed by atoms with Gasteiger partial charge < -0.3 is 10.3 Å². The molecule has 0 aliphatic rings. The van der Waals surface area contributed by atoms with Gasteiger partial charge in [-0.25, -0.2) is 0 Å². The van der Waals surface area contributed by atoms with Crippen LogP contribution in [-0.2, 0) is 0 Å². The zero-order chi connectivity index (χ0) is 11.0. The number of aromatic nitrogens is 1. The Kier molecular flexibility index (Phi) is 2.91. The Morgan fingerprint density at radius 3 is 2.60 bits per heavy atom. The summed E-state index contributed by atoms with van der Waals surface area (Å²) in [7, 11) is 0. The molecule has 6 heteroatoms. The molecule has 2 aromatic rings. The summed E-state index contributed by atoms with van der Waals surface area (Å²) in [6, 6.07) is 5.25. The second-order valence-electron chi connectivity index (χ2n) is 2.84. The molecule has 0 aliphatic heterocycles. The predicted molar refractivity (Wildman–Crippen MR) is 64.1 cm³/mol. The first-order chi connectivity index (χ1) is 7.09. The summed E-state index contributed by atoms with van der Waals surface area (Å²) < 4.78 is 5.79. The Morgan fingerprint density at radius 2 is 2.07 bits per heavy atom. The maximum atomic E-state index is 5.92. The van der Waals surface area contributed by atoms with E-state index in [2.05, 4.69) is 21.1 Å². The molecule has 0 saturated carbocycles. The van der Waals surface area contributed by atoms with Crippen LogP contribution >= 0.6 is 39.1 Å². The van der Waals surface area contributed by atoms with Crippen molar-refractivity contribution in [1.29, 1.82) is 0 Å². The fourth-order valence-electron chi connectivity index (χ4n) is 1.13. The third-order valence-electron chi connectivity index (χ3n) is 1.84. The van der Waals surface area contributed by atoms with E-state index in [0.717, 1.165) is 10.0 Å². The maximum Gasteiger partial charge on any atom is 0.188 e. The van der Waals surface area contributed by atoms with Gasteiger partial charge in [-0.15, -0.1) is 0 Å². The maximum absolute atomic E-state index is 5.92. The minimum atomic E-state index is 0.175. The van der Waals surface area contributed by atoms with Gasteiger partial charge in [0.25, 0.3) is 0 Å². The molecule has 0 amide bonds. The number of rotatable bonds is 1. The van der Waals surface area contributed by atoms with Crippen LogP contribution in [0.15, 0.2) is 27.2 Å². The lowest BCUT2D eigenvalue weighted by molar-refractivity contribution is 0.435. The fourth-order valence-corrected chi connectivity index (χ4v) is 2.17. The Balaban J connectivity index is 2.59. The van der Waals surface area contributed by atoms with Crippen molar-refractivity contribution >= 4 is 44.9 Å². The zero-order valence-electron chi connectivity index (χ0n) is 7.30. The van der Waals surface area contributed by atoms with Crippen LogP contribution in [0.4, 0.5) is 5.82 Å². The molecule has 3 nitrogen and oxygen atoms in total. The molecule has 1 aromatic carbocycles. The van der Waals surface area contributed by atoms with Crippen molar-refractivity contribution in [2.45, 2.75) is 0 Å². The molecule has 15 heavy (non-hydrogen) atoms. The van der Waals surface area contributed by atoms with E-state index in [0.29, 0.717) is 15.8 Å². The molecule has 0 unspecified atom stereocenters. The first-order valence-electron chi connectivity index (χ1n) is 3.95. The molecular formula is C9H5BrCl2N2O. The Labute approximate surface area is 104 Å². The molecule has 2 N–H and O–H groups in total. The van der Waals surface area contributed by atoms with E-state index in [1.165, 1.54) is 0 Å². The summed E-state index contributed by atoms with van der Waals surface area (Å²) in [5.74, 6) is 0.603. The van der Waals surface area contributed by atoms with Crippen LogP contribution in [0.1, 0.15) is 0 Å². The molecule has 0 bridgehead atoms. The summed E-state index contributed by atoms with van der Waals surface area (Å²) >= 11 is 15.1. The molecule has 0 fully saturated rings. The number of hydrogen-bond acceptors (Lipinski definition) is 3. The van der Waals surface area contributed by atoms with Gasteiger partial charge in [-0.05, 0) is 34.1 Å². The third kappa shape index (κ3) is 1.97. The molecule has 1 aromatic heterocycles. The van der Waals surface area contributed by atoms with Gasteiger partial charge in [0, 0.05) is 15.1 Å². The number of halogens is 3. The molecule has 0 aliphatic carbocycles. The zero-order valence-corrected chi connectivity index (χ0v) is 10.4. The van der Waals surface area contributed by atoms with Crippen LogP contribution < -0.4 is 5.73 Å². The molecular weight excluding hydrogens is 303 g/mol. The Morgan fingerprint density at radius 1 is 1.33 bits per heavy atom. The second kappa shape index (κ2) is 4.04. The topological polar surface area (TPSA) is 52.0 Å². The van der Waals surface area contributed by atoms with E-state index in [1.54, 1.807) is 18.2 Å². The lowest BCUT2D eigenvalue weighted by Crippen LogP contribution is -1.83. The standard InChI is InChI=1S/C9H5BrCl2N2O/c10-6-3-4(11)1-2-5(6)8-7(12)9(13)14-15-8/h1-3H,(H2,13,14). The van der Waals surface area contributed by atoms with E-state index in [9.17, 15) is 0 Å². The van der Waals surface area contributed by atoms with Crippen molar-refractivity contribution in [2.75, 3.05) is 5.73 Å². The highest BCUT2D eigenvalue weighted by atomic mass is 79.9. The Bertz CT molecular complexity index is 513. The van der Waals surface area contributed by atoms with Gasteiger partial charge in [0.15, 0.2) is 11.6 Å². The monoisotopic (exact) mass is 306 g/mol. The number of nitrogens with two attached hydrogens (primary N) is 1. The molecule has 2 rings (SSSR count). The molecule has 0 radical (unpaired) electrons. The second-order valence-corrected chi connectivity index (χ2v) is 4.50. The quantitative estimate of drug-likeness (QED) is 0.866. The molecule has 78 valence electrons. The highest BCUT2D eigenvalue weighted by molar-refractivity contribution is 9.10. The highest BCUT2D eigenvalue weighted by Crippen LogP contribution is 2.37. The highest BCUT2D eigenvalue weighted by Gasteiger charge is 2.15. The van der Waals surface area contributed by atoms with Crippen molar-refractivity contribution in [3.63, 3.8) is 0 Å². The van der Waals surface area contributed by atoms with E-state index >= 15 is 0 Å². The lowest BCUT2D eigenvalue weighted by atomic mass is 10.2. The van der Waals surface area contributed by atoms with Crippen LogP contribution in [0.2, 0.25) is 10.0 Å². The first kappa shape index (κ1) is 10.8. The average molecular weight is 308 g/mol. The average Bonchev–Trinajstić information content (AvgIpc) is 2.49. The van der Waals surface area contributed by atoms with Gasteiger partial charge in [0.1, 0.15) is 5.02 Å². The van der Waals surface area contributed by atoms with Crippen LogP contribution in [0, 0.1) is 0 Å². The van der Waals surface area contributed by atoms with E-state index in [-0.39, 0.29) is 5.82 Å². The number of hydrogen-bond donors (Lipinski definition) is 1. The Hall–Kier alpha value is -0.710. The molecule has 0 atom stereocenters.